The van der Waals surface area contributed by atoms with Crippen LogP contribution in [0.2, 0.25) is 0 Å². The summed E-state index contributed by atoms with van der Waals surface area (Å²) < 4.78 is 27.3. The van der Waals surface area contributed by atoms with Crippen LogP contribution in [0.5, 0.6) is 0 Å². The van der Waals surface area contributed by atoms with Crippen LogP contribution < -0.4 is 4.57 Å². The lowest BCUT2D eigenvalue weighted by atomic mass is 10.0. The largest absolute Gasteiger partial charge is 0.235 e. The Labute approximate surface area is 129 Å². The SMILES string of the molecule is [2H]C([2H])([2H])c1ccc(-c2c(C)ccc3c2sc2nnnn23)[n+](C)c1. The summed E-state index contributed by atoms with van der Waals surface area (Å²) >= 11 is 1.52. The molecule has 104 valence electrons. The number of hydrogen-bond donors (Lipinski definition) is 0. The predicted molar refractivity (Wildman–Crippen MR) is 82.3 cm³/mol. The van der Waals surface area contributed by atoms with Gasteiger partial charge in [-0.05, 0) is 41.9 Å². The van der Waals surface area contributed by atoms with Gasteiger partial charge in [0.05, 0.1) is 15.8 Å². The van der Waals surface area contributed by atoms with E-state index in [1.807, 2.05) is 36.7 Å². The van der Waals surface area contributed by atoms with Gasteiger partial charge in [0.1, 0.15) is 7.05 Å². The van der Waals surface area contributed by atoms with Crippen LogP contribution in [0.4, 0.5) is 0 Å². The van der Waals surface area contributed by atoms with Crippen LogP contribution in [0.3, 0.4) is 0 Å². The molecule has 4 aromatic rings. The number of thiazole rings is 1. The van der Waals surface area contributed by atoms with E-state index in [4.69, 9.17) is 4.11 Å². The molecule has 0 spiro atoms. The summed E-state index contributed by atoms with van der Waals surface area (Å²) in [6.07, 6.45) is 1.67. The van der Waals surface area contributed by atoms with Crippen LogP contribution in [0.1, 0.15) is 15.2 Å². The fourth-order valence-electron chi connectivity index (χ4n) is 2.61. The summed E-state index contributed by atoms with van der Waals surface area (Å²) in [6.45, 7) is -0.0723. The third kappa shape index (κ3) is 1.76. The second kappa shape index (κ2) is 4.33. The van der Waals surface area contributed by atoms with Crippen molar-refractivity contribution in [3.8, 4) is 11.3 Å². The van der Waals surface area contributed by atoms with E-state index < -0.39 is 6.85 Å². The van der Waals surface area contributed by atoms with Gasteiger partial charge in [0.25, 0.3) is 0 Å². The topological polar surface area (TPSA) is 47.0 Å². The molecule has 0 unspecified atom stereocenters. The first-order chi connectivity index (χ1) is 11.4. The second-order valence-corrected chi connectivity index (χ2v) is 5.97. The maximum Gasteiger partial charge on any atom is 0.235 e. The lowest BCUT2D eigenvalue weighted by Crippen LogP contribution is -2.31. The molecule has 0 saturated carbocycles. The minimum atomic E-state index is -2.11. The number of hydrogen-bond acceptors (Lipinski definition) is 4. The Morgan fingerprint density at radius 3 is 3.00 bits per heavy atom. The zero-order valence-electron chi connectivity index (χ0n) is 14.5. The van der Waals surface area contributed by atoms with Crippen LogP contribution >= 0.6 is 11.3 Å². The highest BCUT2D eigenvalue weighted by atomic mass is 32.1. The molecule has 0 aliphatic rings. The number of fused-ring (bicyclic) bond motifs is 3. The van der Waals surface area contributed by atoms with Gasteiger partial charge >= 0.3 is 0 Å². The molecule has 5 nitrogen and oxygen atoms in total. The Morgan fingerprint density at radius 2 is 2.19 bits per heavy atom. The van der Waals surface area contributed by atoms with E-state index in [0.717, 1.165) is 32.0 Å². The Hall–Kier alpha value is -2.34. The van der Waals surface area contributed by atoms with E-state index in [1.54, 1.807) is 16.8 Å². The van der Waals surface area contributed by atoms with E-state index in [2.05, 4.69) is 15.5 Å². The monoisotopic (exact) mass is 299 g/mol. The van der Waals surface area contributed by atoms with E-state index in [0.29, 0.717) is 5.56 Å². The first-order valence-electron chi connectivity index (χ1n) is 7.97. The number of rotatable bonds is 1. The molecule has 0 saturated heterocycles. The quantitative estimate of drug-likeness (QED) is 0.507. The number of nitrogens with zero attached hydrogens (tertiary/aromatic N) is 5. The first kappa shape index (κ1) is 9.57. The molecule has 0 aliphatic carbocycles. The molecule has 21 heavy (non-hydrogen) atoms. The number of benzene rings is 1. The molecule has 0 radical (unpaired) electrons. The lowest BCUT2D eigenvalue weighted by Gasteiger charge is -2.06. The van der Waals surface area contributed by atoms with Crippen molar-refractivity contribution in [1.82, 2.24) is 20.0 Å². The number of tetrazole rings is 1. The van der Waals surface area contributed by atoms with Gasteiger partial charge in [0.15, 0.2) is 6.20 Å². The maximum atomic E-state index is 7.57. The highest BCUT2D eigenvalue weighted by Gasteiger charge is 2.19. The van der Waals surface area contributed by atoms with Gasteiger partial charge in [0, 0.05) is 15.7 Å². The average molecular weight is 299 g/mol. The molecule has 0 fully saturated rings. The Kier molecular flexibility index (Phi) is 1.97. The predicted octanol–water partition coefficient (Wildman–Crippen LogP) is 2.45. The Balaban J connectivity index is 2.01. The van der Waals surface area contributed by atoms with Gasteiger partial charge in [0.2, 0.25) is 10.7 Å². The minimum Gasteiger partial charge on any atom is -0.201 e. The molecule has 0 amide bonds. The van der Waals surface area contributed by atoms with Gasteiger partial charge in [-0.25, -0.2) is 4.57 Å². The van der Waals surface area contributed by atoms with Crippen molar-refractivity contribution < 1.29 is 8.68 Å². The number of pyridine rings is 1. The number of aromatic nitrogens is 5. The molecule has 0 aliphatic heterocycles. The van der Waals surface area contributed by atoms with Gasteiger partial charge in [-0.1, -0.05) is 22.5 Å². The molecule has 3 heterocycles. The van der Waals surface area contributed by atoms with Crippen molar-refractivity contribution in [2.75, 3.05) is 0 Å². The van der Waals surface area contributed by atoms with E-state index in [1.165, 1.54) is 11.3 Å². The molecule has 0 N–H and O–H groups in total. The van der Waals surface area contributed by atoms with Crippen molar-refractivity contribution in [1.29, 1.82) is 0 Å². The normalized spacial score (nSPS) is 14.3. The molecule has 3 aromatic heterocycles. The minimum absolute atomic E-state index is 0.324. The van der Waals surface area contributed by atoms with Crippen LogP contribution in [-0.2, 0) is 7.05 Å². The maximum absolute atomic E-state index is 7.57. The summed E-state index contributed by atoms with van der Waals surface area (Å²) in [4.78, 5) is 0.735. The zero-order valence-corrected chi connectivity index (χ0v) is 12.3. The fourth-order valence-corrected chi connectivity index (χ4v) is 3.72. The molecule has 4 rings (SSSR count). The van der Waals surface area contributed by atoms with Crippen molar-refractivity contribution in [2.24, 2.45) is 7.05 Å². The van der Waals surface area contributed by atoms with Gasteiger partial charge in [-0.3, -0.25) is 0 Å². The molecule has 6 heteroatoms. The van der Waals surface area contributed by atoms with Crippen LogP contribution in [0, 0.1) is 13.8 Å². The van der Waals surface area contributed by atoms with Gasteiger partial charge in [-0.2, -0.15) is 4.52 Å². The zero-order chi connectivity index (χ0) is 17.1. The standard InChI is InChI=1S/C15H14N5S/c1-9-4-6-11(19(3)8-9)13-10(2)5-7-12-14(13)21-15-16-17-18-20(12)15/h4-8H,1-3H3/q+1/i1D3. The van der Waals surface area contributed by atoms with Crippen molar-refractivity contribution in [2.45, 2.75) is 13.8 Å². The van der Waals surface area contributed by atoms with E-state index in [9.17, 15) is 0 Å². The van der Waals surface area contributed by atoms with Crippen molar-refractivity contribution in [3.05, 3.63) is 41.6 Å². The highest BCUT2D eigenvalue weighted by molar-refractivity contribution is 7.24. The molecular weight excluding hydrogens is 282 g/mol. The average Bonchev–Trinajstić information content (AvgIpc) is 3.07. The molecule has 0 atom stereocenters. The van der Waals surface area contributed by atoms with Crippen LogP contribution in [0.25, 0.3) is 26.4 Å². The summed E-state index contributed by atoms with van der Waals surface area (Å²) in [5, 5.41) is 11.8. The first-order valence-corrected chi connectivity index (χ1v) is 7.28. The smallest absolute Gasteiger partial charge is 0.201 e. The molecule has 1 aromatic carbocycles. The van der Waals surface area contributed by atoms with Gasteiger partial charge < -0.3 is 0 Å². The summed E-state index contributed by atoms with van der Waals surface area (Å²) in [5.41, 5.74) is 4.39. The second-order valence-electron chi connectivity index (χ2n) is 4.99. The summed E-state index contributed by atoms with van der Waals surface area (Å²) in [7, 11) is 1.86. The van der Waals surface area contributed by atoms with Crippen LogP contribution in [0.15, 0.2) is 30.5 Å². The lowest BCUT2D eigenvalue weighted by molar-refractivity contribution is -0.660. The summed E-state index contributed by atoms with van der Waals surface area (Å²) in [6, 6.07) is 7.56. The van der Waals surface area contributed by atoms with E-state index >= 15 is 0 Å². The third-order valence-electron chi connectivity index (χ3n) is 3.60. The van der Waals surface area contributed by atoms with Crippen molar-refractivity contribution in [3.63, 3.8) is 0 Å². The van der Waals surface area contributed by atoms with Crippen molar-refractivity contribution >= 4 is 26.5 Å². The highest BCUT2D eigenvalue weighted by Crippen LogP contribution is 2.35. The number of aryl methyl sites for hydroxylation is 3. The fraction of sp³-hybridized carbons (Fsp3) is 0.200. The Bertz CT molecular complexity index is 1080. The molecule has 0 bridgehead atoms. The Morgan fingerprint density at radius 1 is 1.29 bits per heavy atom. The third-order valence-corrected chi connectivity index (χ3v) is 4.65. The van der Waals surface area contributed by atoms with E-state index in [-0.39, 0.29) is 0 Å². The molecular formula is C15H14N5S+. The summed E-state index contributed by atoms with van der Waals surface area (Å²) in [5.74, 6) is 0. The van der Waals surface area contributed by atoms with Gasteiger partial charge in [-0.15, -0.1) is 0 Å². The van der Waals surface area contributed by atoms with Crippen LogP contribution in [-0.4, -0.2) is 20.0 Å².